The van der Waals surface area contributed by atoms with Gasteiger partial charge < -0.3 is 15.2 Å². The van der Waals surface area contributed by atoms with Gasteiger partial charge in [-0.1, -0.05) is 18.2 Å². The van der Waals surface area contributed by atoms with Crippen LogP contribution in [0.2, 0.25) is 0 Å². The topological polar surface area (TPSA) is 111 Å². The van der Waals surface area contributed by atoms with E-state index in [1.165, 1.54) is 4.90 Å². The predicted octanol–water partition coefficient (Wildman–Crippen LogP) is 2.49. The van der Waals surface area contributed by atoms with Crippen LogP contribution in [0.25, 0.3) is 10.9 Å². The molecular formula is C23H20N4O4. The molecule has 0 aliphatic carbocycles. The first kappa shape index (κ1) is 19.0. The van der Waals surface area contributed by atoms with Crippen molar-refractivity contribution in [3.8, 4) is 0 Å². The number of carbonyl (C=O) groups excluding carboxylic acids is 4. The molecule has 3 aromatic rings. The molecule has 156 valence electrons. The van der Waals surface area contributed by atoms with Crippen molar-refractivity contribution in [2.45, 2.75) is 32.4 Å². The van der Waals surface area contributed by atoms with E-state index < -0.39 is 11.9 Å². The van der Waals surface area contributed by atoms with Crippen LogP contribution in [0.4, 0.5) is 5.69 Å². The van der Waals surface area contributed by atoms with Crippen LogP contribution >= 0.6 is 0 Å². The van der Waals surface area contributed by atoms with Gasteiger partial charge in [0.05, 0.1) is 0 Å². The fraction of sp³-hybridized carbons (Fsp3) is 0.217. The van der Waals surface area contributed by atoms with Gasteiger partial charge >= 0.3 is 0 Å². The molecule has 3 N–H and O–H groups in total. The van der Waals surface area contributed by atoms with E-state index in [4.69, 9.17) is 0 Å². The van der Waals surface area contributed by atoms with Crippen LogP contribution in [0.3, 0.4) is 0 Å². The van der Waals surface area contributed by atoms with Gasteiger partial charge in [-0.05, 0) is 48.7 Å². The zero-order valence-electron chi connectivity index (χ0n) is 16.8. The fourth-order valence-electron chi connectivity index (χ4n) is 4.36. The monoisotopic (exact) mass is 416 g/mol. The summed E-state index contributed by atoms with van der Waals surface area (Å²) in [6.07, 6.45) is 0.523. The van der Waals surface area contributed by atoms with Crippen molar-refractivity contribution < 1.29 is 19.2 Å². The normalized spacial score (nSPS) is 18.3. The van der Waals surface area contributed by atoms with Crippen molar-refractivity contribution in [1.82, 2.24) is 15.2 Å². The Labute approximate surface area is 177 Å². The molecule has 1 atom stereocenters. The highest BCUT2D eigenvalue weighted by Gasteiger charge is 2.39. The van der Waals surface area contributed by atoms with E-state index >= 15 is 0 Å². The molecule has 3 heterocycles. The lowest BCUT2D eigenvalue weighted by molar-refractivity contribution is -0.136. The van der Waals surface area contributed by atoms with Crippen molar-refractivity contribution in [3.63, 3.8) is 0 Å². The van der Waals surface area contributed by atoms with E-state index in [9.17, 15) is 19.2 Å². The van der Waals surface area contributed by atoms with Gasteiger partial charge in [-0.25, -0.2) is 0 Å². The summed E-state index contributed by atoms with van der Waals surface area (Å²) >= 11 is 0. The maximum atomic E-state index is 12.8. The number of hydrogen-bond donors (Lipinski definition) is 3. The number of para-hydroxylation sites is 1. The van der Waals surface area contributed by atoms with Crippen molar-refractivity contribution in [2.24, 2.45) is 0 Å². The minimum atomic E-state index is -0.662. The van der Waals surface area contributed by atoms with Crippen molar-refractivity contribution >= 4 is 40.2 Å². The van der Waals surface area contributed by atoms with Gasteiger partial charge in [0, 0.05) is 35.1 Å². The van der Waals surface area contributed by atoms with Crippen LogP contribution in [-0.4, -0.2) is 39.6 Å². The number of rotatable bonds is 3. The largest absolute Gasteiger partial charge is 0.350 e. The number of imide groups is 1. The van der Waals surface area contributed by atoms with Crippen molar-refractivity contribution in [3.05, 3.63) is 64.8 Å². The molecule has 2 aliphatic heterocycles. The minimum absolute atomic E-state index is 0.210. The molecule has 1 aromatic heterocycles. The number of amides is 4. The third-order valence-electron chi connectivity index (χ3n) is 5.97. The summed E-state index contributed by atoms with van der Waals surface area (Å²) in [4.78, 5) is 53.9. The number of benzene rings is 2. The lowest BCUT2D eigenvalue weighted by Gasteiger charge is -2.29. The van der Waals surface area contributed by atoms with Gasteiger partial charge in [-0.2, -0.15) is 0 Å². The third-order valence-corrected chi connectivity index (χ3v) is 5.97. The number of hydrogen-bond acceptors (Lipinski definition) is 4. The second-order valence-electron chi connectivity index (χ2n) is 7.90. The fourth-order valence-corrected chi connectivity index (χ4v) is 4.36. The molecule has 2 aliphatic rings. The van der Waals surface area contributed by atoms with Crippen LogP contribution in [0.1, 0.15) is 44.8 Å². The molecule has 0 saturated carbocycles. The third kappa shape index (κ3) is 3.16. The number of H-pyrrole nitrogens is 1. The average molecular weight is 416 g/mol. The first-order valence-electron chi connectivity index (χ1n) is 10.1. The standard InChI is InChI=1S/C23H20N4O4/c1-12-15-4-2-3-5-17(15)25-20(12)22(30)24-14-6-7-16-13(10-14)11-27(23(16)31)18-8-9-19(28)26-21(18)29/h2-7,10,18,25H,8-9,11H2,1H3,(H,24,30)(H,26,28,29). The van der Waals surface area contributed by atoms with Gasteiger partial charge in [0.15, 0.2) is 0 Å². The summed E-state index contributed by atoms with van der Waals surface area (Å²) in [5.74, 6) is -1.27. The summed E-state index contributed by atoms with van der Waals surface area (Å²) < 4.78 is 0. The van der Waals surface area contributed by atoms with Gasteiger partial charge in [-0.3, -0.25) is 24.5 Å². The molecular weight excluding hydrogens is 396 g/mol. The Morgan fingerprint density at radius 2 is 1.94 bits per heavy atom. The molecule has 1 fully saturated rings. The Kier molecular flexibility index (Phi) is 4.35. The Hall–Kier alpha value is -3.94. The van der Waals surface area contributed by atoms with E-state index in [2.05, 4.69) is 15.6 Å². The number of fused-ring (bicyclic) bond motifs is 2. The van der Waals surface area contributed by atoms with E-state index in [1.807, 2.05) is 31.2 Å². The predicted molar refractivity (Wildman–Crippen MR) is 113 cm³/mol. The SMILES string of the molecule is Cc1c(C(=O)Nc2ccc3c(c2)CN(C2CCC(=O)NC2=O)C3=O)[nH]c2ccccc12. The van der Waals surface area contributed by atoms with E-state index in [1.54, 1.807) is 18.2 Å². The number of piperidine rings is 1. The maximum Gasteiger partial charge on any atom is 0.272 e. The quantitative estimate of drug-likeness (QED) is 0.570. The molecule has 2 aromatic carbocycles. The number of aromatic nitrogens is 1. The molecule has 1 saturated heterocycles. The van der Waals surface area contributed by atoms with E-state index in [0.717, 1.165) is 22.0 Å². The Bertz CT molecular complexity index is 1280. The smallest absolute Gasteiger partial charge is 0.272 e. The first-order chi connectivity index (χ1) is 14.9. The number of carbonyl (C=O) groups is 4. The summed E-state index contributed by atoms with van der Waals surface area (Å²) in [7, 11) is 0. The molecule has 1 unspecified atom stereocenters. The number of nitrogens with zero attached hydrogens (tertiary/aromatic N) is 1. The number of anilines is 1. The molecule has 0 spiro atoms. The molecule has 0 bridgehead atoms. The number of nitrogens with one attached hydrogen (secondary N) is 3. The second-order valence-corrected chi connectivity index (χ2v) is 7.90. The molecule has 31 heavy (non-hydrogen) atoms. The lowest BCUT2D eigenvalue weighted by Crippen LogP contribution is -2.52. The van der Waals surface area contributed by atoms with Crippen LogP contribution in [0, 0.1) is 6.92 Å². The van der Waals surface area contributed by atoms with Gasteiger partial charge in [-0.15, -0.1) is 0 Å². The highest BCUT2D eigenvalue weighted by molar-refractivity contribution is 6.09. The zero-order chi connectivity index (χ0) is 21.7. The van der Waals surface area contributed by atoms with Crippen molar-refractivity contribution in [2.75, 3.05) is 5.32 Å². The highest BCUT2D eigenvalue weighted by atomic mass is 16.2. The summed E-state index contributed by atoms with van der Waals surface area (Å²) in [6, 6.07) is 12.2. The summed E-state index contributed by atoms with van der Waals surface area (Å²) in [5.41, 5.74) is 4.06. The number of aryl methyl sites for hydroxylation is 1. The molecule has 5 rings (SSSR count). The second kappa shape index (κ2) is 7.09. The van der Waals surface area contributed by atoms with Crippen LogP contribution in [-0.2, 0) is 16.1 Å². The first-order valence-corrected chi connectivity index (χ1v) is 10.1. The van der Waals surface area contributed by atoms with Crippen LogP contribution in [0.5, 0.6) is 0 Å². The van der Waals surface area contributed by atoms with Gasteiger partial charge in [0.25, 0.3) is 11.8 Å². The average Bonchev–Trinajstić information content (AvgIpc) is 3.25. The molecule has 4 amide bonds. The van der Waals surface area contributed by atoms with Gasteiger partial charge in [0.2, 0.25) is 11.8 Å². The van der Waals surface area contributed by atoms with E-state index in [0.29, 0.717) is 23.4 Å². The molecule has 8 nitrogen and oxygen atoms in total. The summed E-state index contributed by atoms with van der Waals surface area (Å²) in [5, 5.41) is 6.18. The van der Waals surface area contributed by atoms with Gasteiger partial charge in [0.1, 0.15) is 11.7 Å². The van der Waals surface area contributed by atoms with Crippen LogP contribution in [0.15, 0.2) is 42.5 Å². The summed E-state index contributed by atoms with van der Waals surface area (Å²) in [6.45, 7) is 2.16. The molecule has 8 heteroatoms. The Morgan fingerprint density at radius 1 is 1.13 bits per heavy atom. The van der Waals surface area contributed by atoms with E-state index in [-0.39, 0.29) is 30.7 Å². The Balaban J connectivity index is 1.36. The molecule has 0 radical (unpaired) electrons. The van der Waals surface area contributed by atoms with Crippen LogP contribution < -0.4 is 10.6 Å². The highest BCUT2D eigenvalue weighted by Crippen LogP contribution is 2.30. The van der Waals surface area contributed by atoms with Crippen molar-refractivity contribution in [1.29, 1.82) is 0 Å². The lowest BCUT2D eigenvalue weighted by atomic mass is 10.0. The number of aromatic amines is 1. The maximum absolute atomic E-state index is 12.8. The zero-order valence-corrected chi connectivity index (χ0v) is 16.8. The minimum Gasteiger partial charge on any atom is -0.350 e. The Morgan fingerprint density at radius 3 is 2.71 bits per heavy atom.